The van der Waals surface area contributed by atoms with E-state index in [0.29, 0.717) is 5.01 Å². The number of pyridine rings is 1. The number of ether oxygens (including phenoxy) is 1. The molecular formula is C20H18Cl2N8O7S2. The second-order valence-electron chi connectivity index (χ2n) is 7.70. The van der Waals surface area contributed by atoms with Gasteiger partial charge in [-0.05, 0) is 37.3 Å². The second kappa shape index (κ2) is 11.2. The number of fused-ring (bicyclic) bond motifs is 1. The molecular weight excluding hydrogens is 599 g/mol. The minimum absolute atomic E-state index is 0.0469. The van der Waals surface area contributed by atoms with Crippen LogP contribution in [0.25, 0.3) is 0 Å². The molecule has 206 valence electrons. The molecule has 39 heavy (non-hydrogen) atoms. The van der Waals surface area contributed by atoms with Crippen molar-refractivity contribution in [2.75, 3.05) is 11.9 Å². The van der Waals surface area contributed by atoms with E-state index in [9.17, 15) is 26.4 Å². The summed E-state index contributed by atoms with van der Waals surface area (Å²) in [4.78, 5) is 40.2. The number of amides is 2. The number of anilines is 1. The number of sulfonamides is 2. The van der Waals surface area contributed by atoms with Gasteiger partial charge in [-0.15, -0.1) is 9.66 Å². The Balaban J connectivity index is 1.48. The van der Waals surface area contributed by atoms with Crippen molar-refractivity contribution in [2.24, 2.45) is 0 Å². The van der Waals surface area contributed by atoms with E-state index in [2.05, 4.69) is 25.1 Å². The van der Waals surface area contributed by atoms with E-state index in [1.807, 2.05) is 10.3 Å². The number of carbonyl (C=O) groups excluding carboxylic acids is 2. The van der Waals surface area contributed by atoms with Crippen molar-refractivity contribution in [3.63, 3.8) is 0 Å². The van der Waals surface area contributed by atoms with E-state index < -0.39 is 55.4 Å². The maximum atomic E-state index is 13.2. The zero-order chi connectivity index (χ0) is 28.4. The lowest BCUT2D eigenvalue weighted by Gasteiger charge is -2.34. The summed E-state index contributed by atoms with van der Waals surface area (Å²) in [5.41, 5.74) is 1.68. The maximum Gasteiger partial charge on any atom is 0.291 e. The van der Waals surface area contributed by atoms with Crippen molar-refractivity contribution in [1.29, 1.82) is 0 Å². The summed E-state index contributed by atoms with van der Waals surface area (Å²) < 4.78 is 56.3. The molecule has 1 unspecified atom stereocenters. The van der Waals surface area contributed by atoms with E-state index in [4.69, 9.17) is 27.9 Å². The molecule has 4 rings (SSSR count). The Hall–Kier alpha value is -3.61. The normalized spacial score (nSPS) is 15.3. The number of rotatable bonds is 9. The Kier molecular flexibility index (Phi) is 8.19. The fourth-order valence-electron chi connectivity index (χ4n) is 3.15. The largest absolute Gasteiger partial charge is 0.466 e. The summed E-state index contributed by atoms with van der Waals surface area (Å²) in [5, 5.41) is 2.95. The van der Waals surface area contributed by atoms with E-state index in [1.54, 1.807) is 0 Å². The van der Waals surface area contributed by atoms with Crippen LogP contribution in [0.1, 0.15) is 17.4 Å². The van der Waals surface area contributed by atoms with Crippen LogP contribution >= 0.6 is 23.2 Å². The molecule has 15 nitrogen and oxygen atoms in total. The van der Waals surface area contributed by atoms with Gasteiger partial charge in [-0.2, -0.15) is 0 Å². The fourth-order valence-corrected chi connectivity index (χ4v) is 5.84. The quantitative estimate of drug-likeness (QED) is 0.246. The number of halogens is 2. The summed E-state index contributed by atoms with van der Waals surface area (Å²) in [6, 6.07) is 6.05. The lowest BCUT2D eigenvalue weighted by atomic mass is 10.2. The molecule has 19 heteroatoms. The van der Waals surface area contributed by atoms with Gasteiger partial charge in [-0.3, -0.25) is 20.0 Å². The molecule has 1 aliphatic rings. The van der Waals surface area contributed by atoms with Gasteiger partial charge in [0.2, 0.25) is 5.88 Å². The average Bonchev–Trinajstić information content (AvgIpc) is 2.89. The molecule has 2 amide bonds. The standard InChI is InChI=1S/C20H18Cl2N8O7S2/c1-11-25-14-3-5-18(39(35,36)28-27-16(31)10-37-17-9-23-6-7-24-17)26-19(14)20(32)30(11)29-38(33,34)15-4-2-12(21)8-13(15)22/h2-9,11,25,28-29H,10H2,1H3,(H,27,31). The van der Waals surface area contributed by atoms with Crippen molar-refractivity contribution in [2.45, 2.75) is 23.0 Å². The van der Waals surface area contributed by atoms with Gasteiger partial charge in [0.05, 0.1) is 16.9 Å². The minimum atomic E-state index is -4.46. The first-order valence-corrected chi connectivity index (χ1v) is 14.4. The third-order valence-electron chi connectivity index (χ3n) is 4.94. The Morgan fingerprint density at radius 3 is 2.59 bits per heavy atom. The highest BCUT2D eigenvalue weighted by atomic mass is 35.5. The van der Waals surface area contributed by atoms with Crippen LogP contribution in [0.15, 0.2) is 58.8 Å². The molecule has 3 aromatic rings. The molecule has 0 saturated carbocycles. The molecule has 0 fully saturated rings. The van der Waals surface area contributed by atoms with Gasteiger partial charge < -0.3 is 10.1 Å². The molecule has 1 aromatic carbocycles. The smallest absolute Gasteiger partial charge is 0.291 e. The number of aromatic nitrogens is 3. The van der Waals surface area contributed by atoms with Gasteiger partial charge in [0.25, 0.3) is 31.9 Å². The van der Waals surface area contributed by atoms with E-state index >= 15 is 0 Å². The summed E-state index contributed by atoms with van der Waals surface area (Å²) in [6.45, 7) is 0.906. The maximum absolute atomic E-state index is 13.2. The third-order valence-corrected chi connectivity index (χ3v) is 8.12. The minimum Gasteiger partial charge on any atom is -0.466 e. The summed E-state index contributed by atoms with van der Waals surface area (Å²) in [5.74, 6) is -1.77. The monoisotopic (exact) mass is 616 g/mol. The highest BCUT2D eigenvalue weighted by Gasteiger charge is 2.36. The Bertz CT molecular complexity index is 1640. The number of hydrazine groups is 2. The van der Waals surface area contributed by atoms with Crippen LogP contribution in [-0.4, -0.2) is 61.4 Å². The Morgan fingerprint density at radius 1 is 1.13 bits per heavy atom. The van der Waals surface area contributed by atoms with Crippen LogP contribution in [0.3, 0.4) is 0 Å². The molecule has 0 spiro atoms. The molecule has 0 bridgehead atoms. The fraction of sp³-hybridized carbons (Fsp3) is 0.150. The molecule has 2 aromatic heterocycles. The SMILES string of the molecule is CC1Nc2ccc(S(=O)(=O)NNC(=O)COc3cnccn3)nc2C(=O)N1NS(=O)(=O)c1ccc(Cl)cc1Cl. The highest BCUT2D eigenvalue weighted by Crippen LogP contribution is 2.28. The Morgan fingerprint density at radius 2 is 1.90 bits per heavy atom. The zero-order valence-electron chi connectivity index (χ0n) is 19.6. The second-order valence-corrected chi connectivity index (χ2v) is 11.8. The summed E-state index contributed by atoms with van der Waals surface area (Å²) >= 11 is 11.8. The van der Waals surface area contributed by atoms with Crippen molar-refractivity contribution in [1.82, 2.24) is 35.0 Å². The van der Waals surface area contributed by atoms with Crippen molar-refractivity contribution < 1.29 is 31.2 Å². The number of hydrogen-bond donors (Lipinski definition) is 4. The molecule has 1 atom stereocenters. The van der Waals surface area contributed by atoms with Gasteiger partial charge in [0, 0.05) is 17.4 Å². The molecule has 0 radical (unpaired) electrons. The van der Waals surface area contributed by atoms with Gasteiger partial charge in [-0.1, -0.05) is 23.2 Å². The van der Waals surface area contributed by atoms with Crippen molar-refractivity contribution in [3.05, 3.63) is 64.7 Å². The van der Waals surface area contributed by atoms with E-state index in [0.717, 1.165) is 12.1 Å². The number of carbonyl (C=O) groups is 2. The summed E-state index contributed by atoms with van der Waals surface area (Å²) in [7, 11) is -8.82. The van der Waals surface area contributed by atoms with Crippen molar-refractivity contribution >= 4 is 60.8 Å². The average molecular weight is 617 g/mol. The van der Waals surface area contributed by atoms with Gasteiger partial charge in [-0.25, -0.2) is 31.8 Å². The highest BCUT2D eigenvalue weighted by molar-refractivity contribution is 7.89. The van der Waals surface area contributed by atoms with Crippen LogP contribution in [0.5, 0.6) is 5.88 Å². The zero-order valence-corrected chi connectivity index (χ0v) is 22.8. The number of nitrogens with zero attached hydrogens (tertiary/aromatic N) is 4. The van der Waals surface area contributed by atoms with Crippen LogP contribution in [-0.2, 0) is 24.8 Å². The van der Waals surface area contributed by atoms with E-state index in [-0.39, 0.29) is 26.5 Å². The third kappa shape index (κ3) is 6.52. The number of hydrogen-bond acceptors (Lipinski definition) is 11. The predicted molar refractivity (Wildman–Crippen MR) is 136 cm³/mol. The van der Waals surface area contributed by atoms with Crippen molar-refractivity contribution in [3.8, 4) is 5.88 Å². The van der Waals surface area contributed by atoms with Gasteiger partial charge >= 0.3 is 0 Å². The number of nitrogens with one attached hydrogen (secondary N) is 4. The van der Waals surface area contributed by atoms with Crippen LogP contribution in [0.4, 0.5) is 5.69 Å². The predicted octanol–water partition coefficient (Wildman–Crippen LogP) is 0.674. The first kappa shape index (κ1) is 28.4. The molecule has 0 aliphatic carbocycles. The van der Waals surface area contributed by atoms with Crippen LogP contribution in [0, 0.1) is 0 Å². The van der Waals surface area contributed by atoms with Gasteiger partial charge in [0.15, 0.2) is 17.3 Å². The summed E-state index contributed by atoms with van der Waals surface area (Å²) in [6.07, 6.45) is 3.10. The first-order valence-electron chi connectivity index (χ1n) is 10.7. The lowest BCUT2D eigenvalue weighted by Crippen LogP contribution is -2.56. The van der Waals surface area contributed by atoms with Gasteiger partial charge in [0.1, 0.15) is 11.1 Å². The van der Waals surface area contributed by atoms with Crippen LogP contribution in [0.2, 0.25) is 10.0 Å². The first-order chi connectivity index (χ1) is 18.4. The molecule has 1 aliphatic heterocycles. The van der Waals surface area contributed by atoms with E-state index in [1.165, 1.54) is 43.7 Å². The topological polar surface area (TPSA) is 202 Å². The molecule has 0 saturated heterocycles. The van der Waals surface area contributed by atoms with Crippen LogP contribution < -0.4 is 25.1 Å². The Labute approximate surface area is 231 Å². The lowest BCUT2D eigenvalue weighted by molar-refractivity contribution is -0.123. The molecule has 4 N–H and O–H groups in total. The molecule has 3 heterocycles. The number of benzene rings is 1.